The Bertz CT molecular complexity index is 728. The summed E-state index contributed by atoms with van der Waals surface area (Å²) in [7, 11) is 0. The molecule has 1 aromatic rings. The van der Waals surface area contributed by atoms with Crippen molar-refractivity contribution in [3.8, 4) is 0 Å². The molecule has 1 fully saturated rings. The Morgan fingerprint density at radius 3 is 2.41 bits per heavy atom. The monoisotopic (exact) mass is 385 g/mol. The van der Waals surface area contributed by atoms with E-state index in [1.165, 1.54) is 12.1 Å². The van der Waals surface area contributed by atoms with Crippen molar-refractivity contribution in [3.05, 3.63) is 34.9 Å². The molecule has 0 atom stereocenters. The lowest BCUT2D eigenvalue weighted by atomic mass is 9.85. The summed E-state index contributed by atoms with van der Waals surface area (Å²) in [5, 5.41) is 8.99. The molecule has 0 aliphatic carbocycles. The number of halogens is 3. The maximum atomic E-state index is 13.5. The van der Waals surface area contributed by atoms with Crippen LogP contribution in [-0.4, -0.2) is 42.3 Å². The number of carbonyl (C=O) groups excluding carboxylic acids is 2. The lowest BCUT2D eigenvalue weighted by Gasteiger charge is -2.33. The van der Waals surface area contributed by atoms with Crippen LogP contribution in [0.15, 0.2) is 18.2 Å². The van der Waals surface area contributed by atoms with Crippen molar-refractivity contribution in [2.45, 2.75) is 31.4 Å². The van der Waals surface area contributed by atoms with Crippen molar-refractivity contribution in [2.75, 3.05) is 19.6 Å². The number of rotatable bonds is 4. The van der Waals surface area contributed by atoms with Crippen LogP contribution in [0.2, 0.25) is 0 Å². The summed E-state index contributed by atoms with van der Waals surface area (Å²) in [5.74, 6) is -1.98. The Kier molecular flexibility index (Phi) is 6.42. The Labute approximate surface area is 154 Å². The third-order valence-corrected chi connectivity index (χ3v) is 4.51. The van der Waals surface area contributed by atoms with Crippen LogP contribution in [0.25, 0.3) is 0 Å². The van der Waals surface area contributed by atoms with Gasteiger partial charge in [-0.2, -0.15) is 13.2 Å². The van der Waals surface area contributed by atoms with Crippen LogP contribution in [0.3, 0.4) is 0 Å². The number of guanidine groups is 1. The Hall–Kier alpha value is -2.62. The van der Waals surface area contributed by atoms with Gasteiger partial charge in [-0.1, -0.05) is 6.07 Å². The molecule has 2 amide bonds. The first-order chi connectivity index (χ1) is 12.6. The third kappa shape index (κ3) is 5.19. The van der Waals surface area contributed by atoms with Gasteiger partial charge in [-0.25, -0.2) is 0 Å². The SMILES string of the molecule is N=C(N)NC(=O)c1ccc(C2CCN(C(=O)CCN)CC2)c(C(F)(F)F)c1. The second kappa shape index (κ2) is 8.38. The number of likely N-dealkylation sites (tertiary alicyclic amines) is 1. The predicted octanol–water partition coefficient (Wildman–Crippen LogP) is 1.38. The van der Waals surface area contributed by atoms with Gasteiger partial charge >= 0.3 is 6.18 Å². The zero-order valence-electron chi connectivity index (χ0n) is 14.6. The minimum absolute atomic E-state index is 0.0942. The second-order valence-corrected chi connectivity index (χ2v) is 6.36. The molecule has 0 unspecified atom stereocenters. The minimum Gasteiger partial charge on any atom is -0.370 e. The van der Waals surface area contributed by atoms with Gasteiger partial charge in [0.1, 0.15) is 0 Å². The quantitative estimate of drug-likeness (QED) is 0.461. The topological polar surface area (TPSA) is 125 Å². The predicted molar refractivity (Wildman–Crippen MR) is 93.1 cm³/mol. The van der Waals surface area contributed by atoms with E-state index in [0.717, 1.165) is 6.07 Å². The third-order valence-electron chi connectivity index (χ3n) is 4.51. The van der Waals surface area contributed by atoms with Crippen LogP contribution >= 0.6 is 0 Å². The number of nitrogens with two attached hydrogens (primary N) is 2. The van der Waals surface area contributed by atoms with E-state index < -0.39 is 23.6 Å². The highest BCUT2D eigenvalue weighted by Crippen LogP contribution is 2.39. The Morgan fingerprint density at radius 2 is 1.89 bits per heavy atom. The van der Waals surface area contributed by atoms with Gasteiger partial charge in [0.15, 0.2) is 5.96 Å². The average Bonchev–Trinajstić information content (AvgIpc) is 2.60. The van der Waals surface area contributed by atoms with Crippen LogP contribution in [0.1, 0.15) is 46.7 Å². The first-order valence-electron chi connectivity index (χ1n) is 8.47. The summed E-state index contributed by atoms with van der Waals surface area (Å²) in [5.41, 5.74) is 9.41. The highest BCUT2D eigenvalue weighted by atomic mass is 19.4. The van der Waals surface area contributed by atoms with Gasteiger partial charge in [0.05, 0.1) is 5.56 Å². The summed E-state index contributed by atoms with van der Waals surface area (Å²) in [6, 6.07) is 3.36. The van der Waals surface area contributed by atoms with Crippen molar-refractivity contribution in [3.63, 3.8) is 0 Å². The molecule has 27 heavy (non-hydrogen) atoms. The van der Waals surface area contributed by atoms with Crippen molar-refractivity contribution in [1.82, 2.24) is 10.2 Å². The number of piperidine rings is 1. The van der Waals surface area contributed by atoms with E-state index in [1.54, 1.807) is 4.90 Å². The Morgan fingerprint density at radius 1 is 1.26 bits per heavy atom. The van der Waals surface area contributed by atoms with Crippen LogP contribution in [0.5, 0.6) is 0 Å². The van der Waals surface area contributed by atoms with E-state index in [0.29, 0.717) is 25.9 Å². The lowest BCUT2D eigenvalue weighted by molar-refractivity contribution is -0.139. The van der Waals surface area contributed by atoms with E-state index in [9.17, 15) is 22.8 Å². The normalized spacial score (nSPS) is 15.5. The summed E-state index contributed by atoms with van der Waals surface area (Å²) in [6.45, 7) is 0.974. The molecule has 2 rings (SSSR count). The summed E-state index contributed by atoms with van der Waals surface area (Å²) in [6.07, 6.45) is -3.61. The van der Waals surface area contributed by atoms with Crippen LogP contribution in [-0.2, 0) is 11.0 Å². The fourth-order valence-electron chi connectivity index (χ4n) is 3.21. The molecule has 148 valence electrons. The van der Waals surface area contributed by atoms with Gasteiger partial charge in [-0.15, -0.1) is 0 Å². The van der Waals surface area contributed by atoms with Gasteiger partial charge in [-0.3, -0.25) is 20.3 Å². The summed E-state index contributed by atoms with van der Waals surface area (Å²) >= 11 is 0. The fraction of sp³-hybridized carbons (Fsp3) is 0.471. The van der Waals surface area contributed by atoms with Gasteiger partial charge in [0.2, 0.25) is 5.91 Å². The van der Waals surface area contributed by atoms with Crippen molar-refractivity contribution < 1.29 is 22.8 Å². The summed E-state index contributed by atoms with van der Waals surface area (Å²) < 4.78 is 40.6. The molecular weight excluding hydrogens is 363 g/mol. The summed E-state index contributed by atoms with van der Waals surface area (Å²) in [4.78, 5) is 25.3. The van der Waals surface area contributed by atoms with Crippen molar-refractivity contribution >= 4 is 17.8 Å². The number of hydrogen-bond donors (Lipinski definition) is 4. The first-order valence-corrected chi connectivity index (χ1v) is 8.47. The second-order valence-electron chi connectivity index (χ2n) is 6.36. The van der Waals surface area contributed by atoms with E-state index in [4.69, 9.17) is 16.9 Å². The van der Waals surface area contributed by atoms with Crippen molar-refractivity contribution in [1.29, 1.82) is 5.41 Å². The zero-order valence-corrected chi connectivity index (χ0v) is 14.6. The fourth-order valence-corrected chi connectivity index (χ4v) is 3.21. The molecule has 1 aromatic carbocycles. The molecule has 0 aromatic heterocycles. The lowest BCUT2D eigenvalue weighted by Crippen LogP contribution is -2.39. The van der Waals surface area contributed by atoms with Gasteiger partial charge in [0, 0.05) is 31.6 Å². The molecule has 1 heterocycles. The number of carbonyl (C=O) groups is 2. The molecular formula is C17H22F3N5O2. The van der Waals surface area contributed by atoms with E-state index in [2.05, 4.69) is 0 Å². The first kappa shape index (κ1) is 20.7. The van der Waals surface area contributed by atoms with Gasteiger partial charge in [0.25, 0.3) is 5.91 Å². The molecule has 0 radical (unpaired) electrons. The van der Waals surface area contributed by atoms with Crippen LogP contribution < -0.4 is 16.8 Å². The number of amides is 2. The Balaban J connectivity index is 2.23. The van der Waals surface area contributed by atoms with E-state index in [-0.39, 0.29) is 35.9 Å². The maximum absolute atomic E-state index is 13.5. The molecule has 7 nitrogen and oxygen atoms in total. The van der Waals surface area contributed by atoms with E-state index in [1.807, 2.05) is 5.32 Å². The highest BCUT2D eigenvalue weighted by molar-refractivity contribution is 6.04. The zero-order chi connectivity index (χ0) is 20.2. The molecule has 6 N–H and O–H groups in total. The van der Waals surface area contributed by atoms with E-state index >= 15 is 0 Å². The number of alkyl halides is 3. The molecule has 0 saturated carbocycles. The van der Waals surface area contributed by atoms with Gasteiger partial charge in [-0.05, 0) is 36.5 Å². The molecule has 0 spiro atoms. The highest BCUT2D eigenvalue weighted by Gasteiger charge is 2.37. The molecule has 0 bridgehead atoms. The molecule has 1 saturated heterocycles. The smallest absolute Gasteiger partial charge is 0.370 e. The molecule has 1 aliphatic heterocycles. The number of benzene rings is 1. The largest absolute Gasteiger partial charge is 0.416 e. The van der Waals surface area contributed by atoms with Crippen LogP contribution in [0.4, 0.5) is 13.2 Å². The average molecular weight is 385 g/mol. The van der Waals surface area contributed by atoms with Crippen LogP contribution in [0, 0.1) is 5.41 Å². The minimum atomic E-state index is -4.63. The number of nitrogens with zero attached hydrogens (tertiary/aromatic N) is 1. The van der Waals surface area contributed by atoms with Gasteiger partial charge < -0.3 is 16.4 Å². The number of hydrogen-bond acceptors (Lipinski definition) is 4. The molecule has 10 heteroatoms. The molecule has 1 aliphatic rings. The number of nitrogens with one attached hydrogen (secondary N) is 2. The van der Waals surface area contributed by atoms with Crippen molar-refractivity contribution in [2.24, 2.45) is 11.5 Å². The maximum Gasteiger partial charge on any atom is 0.416 e. The standard InChI is InChI=1S/C17H22F3N5O2/c18-17(19,20)13-9-11(15(27)24-16(22)23)1-2-12(13)10-4-7-25(8-5-10)14(26)3-6-21/h1-2,9-10H,3-8,21H2,(H4,22,23,24,27).